The van der Waals surface area contributed by atoms with E-state index in [0.717, 1.165) is 15.1 Å². The predicted molar refractivity (Wildman–Crippen MR) is 94.5 cm³/mol. The third kappa shape index (κ3) is 3.41. The molecule has 0 spiro atoms. The summed E-state index contributed by atoms with van der Waals surface area (Å²) >= 11 is 3.07. The monoisotopic (exact) mass is 362 g/mol. The van der Waals surface area contributed by atoms with Gasteiger partial charge in [-0.3, -0.25) is 10.1 Å². The van der Waals surface area contributed by atoms with Crippen molar-refractivity contribution in [2.24, 2.45) is 0 Å². The molecular weight excluding hydrogens is 348 g/mol. The number of nitrogens with zero attached hydrogens (tertiary/aromatic N) is 3. The number of rotatable bonds is 5. The van der Waals surface area contributed by atoms with Gasteiger partial charge in [0.25, 0.3) is 5.91 Å². The van der Waals surface area contributed by atoms with Crippen molar-refractivity contribution in [3.63, 3.8) is 0 Å². The second-order valence-electron chi connectivity index (χ2n) is 4.59. The number of benzene rings is 1. The fraction of sp³-hybridized carbons (Fsp3) is 0.200. The van der Waals surface area contributed by atoms with Gasteiger partial charge >= 0.3 is 6.01 Å². The quantitative estimate of drug-likeness (QED) is 0.698. The minimum absolute atomic E-state index is 0.0633. The van der Waals surface area contributed by atoms with E-state index in [1.807, 2.05) is 24.5 Å². The molecule has 0 aliphatic rings. The molecule has 0 aliphatic heterocycles. The first-order valence-corrected chi connectivity index (χ1v) is 8.90. The Kier molecular flexibility index (Phi) is 4.81. The molecule has 2 heterocycles. The predicted octanol–water partition coefficient (Wildman–Crippen LogP) is 3.08. The van der Waals surface area contributed by atoms with Crippen molar-refractivity contribution in [3.05, 3.63) is 30.0 Å². The van der Waals surface area contributed by atoms with Gasteiger partial charge in [-0.1, -0.05) is 11.3 Å². The van der Waals surface area contributed by atoms with Crippen molar-refractivity contribution in [2.45, 2.75) is 4.90 Å². The summed E-state index contributed by atoms with van der Waals surface area (Å²) in [5.74, 6) is -0.154. The molecule has 1 amide bonds. The number of carbonyl (C=O) groups is 1. The lowest BCUT2D eigenvalue weighted by Gasteiger charge is -2.05. The minimum atomic E-state index is -0.404. The van der Waals surface area contributed by atoms with E-state index in [9.17, 15) is 4.79 Å². The molecule has 24 heavy (non-hydrogen) atoms. The van der Waals surface area contributed by atoms with Crippen molar-refractivity contribution in [1.82, 2.24) is 15.0 Å². The number of anilines is 1. The first kappa shape index (κ1) is 16.5. The zero-order chi connectivity index (χ0) is 17.1. The SMILES string of the molecule is COc1cc(C(=O)Nc2nc3ccc(SC)cc3s2)nc(OC)n1. The number of amides is 1. The largest absolute Gasteiger partial charge is 0.481 e. The Morgan fingerprint density at radius 3 is 2.71 bits per heavy atom. The average Bonchev–Trinajstić information content (AvgIpc) is 3.02. The number of ether oxygens (including phenoxy) is 2. The van der Waals surface area contributed by atoms with E-state index in [4.69, 9.17) is 9.47 Å². The van der Waals surface area contributed by atoms with Crippen molar-refractivity contribution in [2.75, 3.05) is 25.8 Å². The molecule has 9 heteroatoms. The summed E-state index contributed by atoms with van der Waals surface area (Å²) in [5, 5.41) is 3.25. The molecule has 7 nitrogen and oxygen atoms in total. The van der Waals surface area contributed by atoms with Gasteiger partial charge in [-0.25, -0.2) is 4.98 Å². The van der Waals surface area contributed by atoms with Crippen LogP contribution in [0, 0.1) is 0 Å². The first-order chi connectivity index (χ1) is 11.6. The fourth-order valence-electron chi connectivity index (χ4n) is 1.96. The van der Waals surface area contributed by atoms with E-state index in [0.29, 0.717) is 5.13 Å². The summed E-state index contributed by atoms with van der Waals surface area (Å²) < 4.78 is 11.0. The smallest absolute Gasteiger partial charge is 0.320 e. The van der Waals surface area contributed by atoms with Gasteiger partial charge in [-0.15, -0.1) is 11.8 Å². The normalized spacial score (nSPS) is 10.6. The molecule has 0 radical (unpaired) electrons. The summed E-state index contributed by atoms with van der Waals surface area (Å²) in [6.07, 6.45) is 2.01. The molecule has 0 fully saturated rings. The molecule has 0 unspecified atom stereocenters. The Balaban J connectivity index is 1.86. The summed E-state index contributed by atoms with van der Waals surface area (Å²) in [6, 6.07) is 7.48. The highest BCUT2D eigenvalue weighted by Gasteiger charge is 2.15. The number of thiazole rings is 1. The Morgan fingerprint density at radius 1 is 1.17 bits per heavy atom. The number of thioether (sulfide) groups is 1. The summed E-state index contributed by atoms with van der Waals surface area (Å²) in [7, 11) is 2.88. The summed E-state index contributed by atoms with van der Waals surface area (Å²) in [5.41, 5.74) is 0.980. The van der Waals surface area contributed by atoms with Crippen LogP contribution in [0.25, 0.3) is 10.2 Å². The maximum absolute atomic E-state index is 12.4. The van der Waals surface area contributed by atoms with E-state index >= 15 is 0 Å². The van der Waals surface area contributed by atoms with Gasteiger partial charge in [0.15, 0.2) is 5.13 Å². The minimum Gasteiger partial charge on any atom is -0.481 e. The van der Waals surface area contributed by atoms with Crippen LogP contribution >= 0.6 is 23.1 Å². The van der Waals surface area contributed by atoms with Crippen LogP contribution in [-0.2, 0) is 0 Å². The number of aromatic nitrogens is 3. The average molecular weight is 362 g/mol. The Labute approximate surface area is 146 Å². The van der Waals surface area contributed by atoms with E-state index in [2.05, 4.69) is 20.3 Å². The molecular formula is C15H14N4O3S2. The highest BCUT2D eigenvalue weighted by molar-refractivity contribution is 7.98. The highest BCUT2D eigenvalue weighted by Crippen LogP contribution is 2.29. The van der Waals surface area contributed by atoms with Crippen molar-refractivity contribution in [3.8, 4) is 11.9 Å². The van der Waals surface area contributed by atoms with Crippen LogP contribution in [0.15, 0.2) is 29.2 Å². The zero-order valence-electron chi connectivity index (χ0n) is 13.2. The van der Waals surface area contributed by atoms with Gasteiger partial charge in [-0.05, 0) is 24.5 Å². The molecule has 124 valence electrons. The van der Waals surface area contributed by atoms with E-state index in [1.165, 1.54) is 31.6 Å². The van der Waals surface area contributed by atoms with Gasteiger partial charge in [-0.2, -0.15) is 9.97 Å². The van der Waals surface area contributed by atoms with E-state index in [-0.39, 0.29) is 17.6 Å². The van der Waals surface area contributed by atoms with Crippen molar-refractivity contribution in [1.29, 1.82) is 0 Å². The third-order valence-corrected chi connectivity index (χ3v) is 4.78. The number of hydrogen-bond acceptors (Lipinski definition) is 8. The van der Waals surface area contributed by atoms with Gasteiger partial charge in [0.05, 0.1) is 24.4 Å². The van der Waals surface area contributed by atoms with Crippen LogP contribution in [-0.4, -0.2) is 41.3 Å². The molecule has 3 aromatic rings. The fourth-order valence-corrected chi connectivity index (χ4v) is 3.38. The van der Waals surface area contributed by atoms with E-state index in [1.54, 1.807) is 11.8 Å². The number of methoxy groups -OCH3 is 2. The van der Waals surface area contributed by atoms with Crippen LogP contribution in [0.3, 0.4) is 0 Å². The van der Waals surface area contributed by atoms with Gasteiger partial charge < -0.3 is 9.47 Å². The molecule has 3 rings (SSSR count). The van der Waals surface area contributed by atoms with Gasteiger partial charge in [0, 0.05) is 11.0 Å². The third-order valence-electron chi connectivity index (χ3n) is 3.12. The van der Waals surface area contributed by atoms with Gasteiger partial charge in [0.1, 0.15) is 5.69 Å². The second-order valence-corrected chi connectivity index (χ2v) is 6.50. The summed E-state index contributed by atoms with van der Waals surface area (Å²) in [6.45, 7) is 0. The lowest BCUT2D eigenvalue weighted by atomic mass is 10.3. The Bertz CT molecular complexity index is 875. The lowest BCUT2D eigenvalue weighted by molar-refractivity contribution is 0.102. The second kappa shape index (κ2) is 7.02. The van der Waals surface area contributed by atoms with Crippen molar-refractivity contribution >= 4 is 44.4 Å². The highest BCUT2D eigenvalue weighted by atomic mass is 32.2. The molecule has 0 saturated carbocycles. The number of hydrogen-bond donors (Lipinski definition) is 1. The Hall–Kier alpha value is -2.39. The summed E-state index contributed by atoms with van der Waals surface area (Å²) in [4.78, 5) is 25.9. The maximum atomic E-state index is 12.4. The molecule has 0 bridgehead atoms. The molecule has 0 atom stereocenters. The topological polar surface area (TPSA) is 86.2 Å². The van der Waals surface area contributed by atoms with Crippen LogP contribution in [0.4, 0.5) is 5.13 Å². The molecule has 1 aromatic carbocycles. The van der Waals surface area contributed by atoms with E-state index < -0.39 is 5.91 Å². The standard InChI is InChI=1S/C15H14N4O3S2/c1-21-12-7-10(16-14(18-12)22-2)13(20)19-15-17-9-5-4-8(23-3)6-11(9)24-15/h4-7H,1-3H3,(H,17,19,20). The molecule has 2 aromatic heterocycles. The lowest BCUT2D eigenvalue weighted by Crippen LogP contribution is -2.14. The molecule has 1 N–H and O–H groups in total. The van der Waals surface area contributed by atoms with Crippen LogP contribution in [0.5, 0.6) is 11.9 Å². The van der Waals surface area contributed by atoms with Crippen LogP contribution < -0.4 is 14.8 Å². The number of carbonyl (C=O) groups excluding carboxylic acids is 1. The van der Waals surface area contributed by atoms with Crippen LogP contribution in [0.2, 0.25) is 0 Å². The zero-order valence-corrected chi connectivity index (χ0v) is 14.8. The molecule has 0 aliphatic carbocycles. The maximum Gasteiger partial charge on any atom is 0.320 e. The Morgan fingerprint density at radius 2 is 2.00 bits per heavy atom. The number of fused-ring (bicyclic) bond motifs is 1. The first-order valence-electron chi connectivity index (χ1n) is 6.86. The van der Waals surface area contributed by atoms with Gasteiger partial charge in [0.2, 0.25) is 5.88 Å². The molecule has 0 saturated heterocycles. The van der Waals surface area contributed by atoms with Crippen molar-refractivity contribution < 1.29 is 14.3 Å². The van der Waals surface area contributed by atoms with Crippen LogP contribution in [0.1, 0.15) is 10.5 Å². The number of nitrogens with one attached hydrogen (secondary N) is 1.